The molecule has 6 heterocycles. The summed E-state index contributed by atoms with van der Waals surface area (Å²) in [5.41, 5.74) is -1.93. The van der Waals surface area contributed by atoms with Crippen molar-refractivity contribution in [1.82, 2.24) is 25.2 Å². The predicted octanol–water partition coefficient (Wildman–Crippen LogP) is 6.22. The highest BCUT2D eigenvalue weighted by Crippen LogP contribution is 2.44. The molecule has 2 aromatic heterocycles. The first kappa shape index (κ1) is 30.5. The number of ether oxygens (including phenoxy) is 1. The van der Waals surface area contributed by atoms with Crippen molar-refractivity contribution in [3.05, 3.63) is 47.2 Å². The van der Waals surface area contributed by atoms with Crippen molar-refractivity contribution in [2.75, 3.05) is 37.7 Å². The van der Waals surface area contributed by atoms with Crippen LogP contribution >= 0.6 is 0 Å². The van der Waals surface area contributed by atoms with E-state index in [1.54, 1.807) is 6.92 Å². The summed E-state index contributed by atoms with van der Waals surface area (Å²) in [6, 6.07) is 5.35. The first-order chi connectivity index (χ1) is 22.6. The molecule has 2 N–H and O–H groups in total. The highest BCUT2D eigenvalue weighted by atomic mass is 19.3. The van der Waals surface area contributed by atoms with E-state index in [0.717, 1.165) is 32.2 Å². The fraction of sp³-hybridized carbons (Fsp3) is 0.500. The van der Waals surface area contributed by atoms with E-state index in [1.807, 2.05) is 4.90 Å². The molecule has 8 rings (SSSR count). The number of nitrogens with one attached hydrogen (secondary N) is 1. The summed E-state index contributed by atoms with van der Waals surface area (Å²) in [6.07, 6.45) is -0.151. The second-order valence-corrected chi connectivity index (χ2v) is 13.4. The molecule has 8 nitrogen and oxygen atoms in total. The zero-order valence-corrected chi connectivity index (χ0v) is 25.9. The van der Waals surface area contributed by atoms with Gasteiger partial charge in [-0.15, -0.1) is 0 Å². The molecule has 2 aromatic carbocycles. The number of nitrogens with zero attached hydrogens (tertiary/aromatic N) is 5. The number of phenolic OH excluding ortho intramolecular Hbond substituents is 1. The lowest BCUT2D eigenvalue weighted by Gasteiger charge is -2.35. The van der Waals surface area contributed by atoms with Crippen molar-refractivity contribution >= 4 is 27.5 Å². The topological polar surface area (TPSA) is 86.6 Å². The Hall–Kier alpha value is -3.84. The molecule has 47 heavy (non-hydrogen) atoms. The molecule has 2 unspecified atom stereocenters. The number of benzene rings is 2. The van der Waals surface area contributed by atoms with Gasteiger partial charge in [0.05, 0.1) is 10.9 Å². The number of halogens is 5. The molecule has 0 saturated carbocycles. The summed E-state index contributed by atoms with van der Waals surface area (Å²) in [4.78, 5) is 17.2. The van der Waals surface area contributed by atoms with Gasteiger partial charge in [-0.05, 0) is 73.2 Å². The van der Waals surface area contributed by atoms with Gasteiger partial charge in [0.15, 0.2) is 5.82 Å². The highest BCUT2D eigenvalue weighted by molar-refractivity contribution is 6.02. The summed E-state index contributed by atoms with van der Waals surface area (Å²) in [6.45, 7) is 3.79. The van der Waals surface area contributed by atoms with Crippen LogP contribution in [0.25, 0.3) is 32.9 Å². The normalized spacial score (nSPS) is 25.9. The van der Waals surface area contributed by atoms with Gasteiger partial charge >= 0.3 is 6.01 Å². The molecule has 0 amide bonds. The molecule has 248 valence electrons. The lowest BCUT2D eigenvalue weighted by Crippen LogP contribution is -2.51. The van der Waals surface area contributed by atoms with E-state index in [9.17, 15) is 9.50 Å². The molecule has 4 aliphatic rings. The molecule has 4 saturated heterocycles. The van der Waals surface area contributed by atoms with E-state index < -0.39 is 46.7 Å². The Kier molecular flexibility index (Phi) is 7.39. The van der Waals surface area contributed by atoms with Crippen LogP contribution in [0.1, 0.15) is 56.7 Å². The van der Waals surface area contributed by atoms with Gasteiger partial charge in [0.2, 0.25) is 0 Å². The lowest BCUT2D eigenvalue weighted by molar-refractivity contribution is 0.107. The van der Waals surface area contributed by atoms with Crippen molar-refractivity contribution in [2.45, 2.75) is 75.7 Å². The van der Waals surface area contributed by atoms with Crippen LogP contribution in [0.4, 0.5) is 27.8 Å². The van der Waals surface area contributed by atoms with E-state index >= 15 is 17.6 Å². The number of alkyl halides is 3. The van der Waals surface area contributed by atoms with Gasteiger partial charge < -0.3 is 20.1 Å². The number of hydrogen-bond donors (Lipinski definition) is 2. The summed E-state index contributed by atoms with van der Waals surface area (Å²) in [7, 11) is 0. The number of aromatic nitrogens is 3. The number of anilines is 1. The van der Waals surface area contributed by atoms with E-state index in [1.165, 1.54) is 24.3 Å². The molecule has 2 bridgehead atoms. The number of fused-ring (bicyclic) bond motifs is 5. The predicted molar refractivity (Wildman–Crippen MR) is 167 cm³/mol. The van der Waals surface area contributed by atoms with Gasteiger partial charge in [0, 0.05) is 43.7 Å². The van der Waals surface area contributed by atoms with Crippen molar-refractivity contribution in [3.63, 3.8) is 0 Å². The molecule has 4 aromatic rings. The third-order valence-corrected chi connectivity index (χ3v) is 10.5. The molecule has 0 aliphatic carbocycles. The van der Waals surface area contributed by atoms with E-state index in [-0.39, 0.29) is 64.6 Å². The summed E-state index contributed by atoms with van der Waals surface area (Å²) in [5, 5.41) is 14.6. The molecule has 4 aliphatic heterocycles. The Morgan fingerprint density at radius 3 is 2.60 bits per heavy atom. The zero-order chi connectivity index (χ0) is 32.6. The SMILES string of the molecule is CCc1c(F)ccc2cc(O)cc(-c3nc(C(F)F)c4c(N5CC6CCC(C5)N6)nc(OC[C@@]56CCCN5C[C@H](F)C6)nc4c3F)c12. The van der Waals surface area contributed by atoms with Gasteiger partial charge in [-0.1, -0.05) is 13.0 Å². The average Bonchev–Trinajstić information content (AvgIpc) is 3.69. The quantitative estimate of drug-likeness (QED) is 0.227. The number of aryl methyl sites for hydroxylation is 1. The summed E-state index contributed by atoms with van der Waals surface area (Å²) < 4.78 is 82.7. The number of aromatic hydroxyl groups is 1. The standard InChI is InChI=1S/C34H35F5N6O2/c1-2-22-24(36)7-4-17-10-21(46)11-23(25(17)22)28-27(37)29-26(30(41-28)31(38)39)32(44-14-19-5-6-20(15-44)40-19)43-33(42-29)47-16-34-8-3-9-45(34)13-18(35)12-34/h4,7,10-11,18-20,31,40,46H,2-3,5-6,8-9,12-16H2,1H3/t18-,19?,20?,34+/m1/s1. The maximum Gasteiger partial charge on any atom is 0.319 e. The van der Waals surface area contributed by atoms with Crippen LogP contribution < -0.4 is 15.0 Å². The molecular weight excluding hydrogens is 619 g/mol. The number of hydrogen-bond acceptors (Lipinski definition) is 8. The van der Waals surface area contributed by atoms with Crippen LogP contribution in [-0.4, -0.2) is 81.5 Å². The first-order valence-corrected chi connectivity index (χ1v) is 16.3. The fourth-order valence-corrected chi connectivity index (χ4v) is 8.44. The third kappa shape index (κ3) is 5.04. The summed E-state index contributed by atoms with van der Waals surface area (Å²) in [5.74, 6) is -1.71. The lowest BCUT2D eigenvalue weighted by atomic mass is 9.94. The smallest absolute Gasteiger partial charge is 0.319 e. The molecule has 4 atom stereocenters. The van der Waals surface area contributed by atoms with Crippen LogP contribution in [0, 0.1) is 11.6 Å². The van der Waals surface area contributed by atoms with E-state index in [4.69, 9.17) is 4.74 Å². The van der Waals surface area contributed by atoms with Crippen LogP contribution in [0.2, 0.25) is 0 Å². The van der Waals surface area contributed by atoms with Gasteiger partial charge in [-0.2, -0.15) is 9.97 Å². The van der Waals surface area contributed by atoms with Crippen molar-refractivity contribution in [2.24, 2.45) is 0 Å². The molecule has 0 radical (unpaired) electrons. The minimum atomic E-state index is -3.14. The monoisotopic (exact) mass is 654 g/mol. The second kappa shape index (κ2) is 11.4. The Labute approximate surface area is 267 Å². The number of piperazine rings is 1. The second-order valence-electron chi connectivity index (χ2n) is 13.4. The largest absolute Gasteiger partial charge is 0.508 e. The van der Waals surface area contributed by atoms with E-state index in [2.05, 4.69) is 25.2 Å². The van der Waals surface area contributed by atoms with E-state index in [0.29, 0.717) is 31.4 Å². The number of phenols is 1. The molecular formula is C34H35F5N6O2. The van der Waals surface area contributed by atoms with Gasteiger partial charge in [-0.3, -0.25) is 4.90 Å². The maximum atomic E-state index is 17.0. The highest BCUT2D eigenvalue weighted by Gasteiger charge is 2.49. The van der Waals surface area contributed by atoms with Crippen molar-refractivity contribution in [1.29, 1.82) is 0 Å². The first-order valence-electron chi connectivity index (χ1n) is 16.3. The van der Waals surface area contributed by atoms with Crippen molar-refractivity contribution < 1.29 is 31.8 Å². The van der Waals surface area contributed by atoms with Gasteiger partial charge in [0.1, 0.15) is 47.1 Å². The minimum absolute atomic E-state index is 0.0269. The Balaban J connectivity index is 1.34. The number of pyridine rings is 1. The molecule has 13 heteroatoms. The summed E-state index contributed by atoms with van der Waals surface area (Å²) >= 11 is 0. The average molecular weight is 655 g/mol. The van der Waals surface area contributed by atoms with Crippen LogP contribution in [0.3, 0.4) is 0 Å². The Bertz CT molecular complexity index is 1880. The minimum Gasteiger partial charge on any atom is -0.508 e. The van der Waals surface area contributed by atoms with Crippen LogP contribution in [0.5, 0.6) is 11.8 Å². The fourth-order valence-electron chi connectivity index (χ4n) is 8.44. The molecule has 0 spiro atoms. The Morgan fingerprint density at radius 2 is 1.85 bits per heavy atom. The third-order valence-electron chi connectivity index (χ3n) is 10.5. The van der Waals surface area contributed by atoms with Crippen molar-refractivity contribution in [3.8, 4) is 23.0 Å². The van der Waals surface area contributed by atoms with Crippen LogP contribution in [0.15, 0.2) is 24.3 Å². The van der Waals surface area contributed by atoms with Crippen LogP contribution in [-0.2, 0) is 6.42 Å². The molecule has 4 fully saturated rings. The Morgan fingerprint density at radius 1 is 1.06 bits per heavy atom. The zero-order valence-electron chi connectivity index (χ0n) is 25.9. The number of rotatable bonds is 7. The van der Waals surface area contributed by atoms with Gasteiger partial charge in [-0.25, -0.2) is 26.9 Å². The van der Waals surface area contributed by atoms with Gasteiger partial charge in [0.25, 0.3) is 6.43 Å². The maximum absolute atomic E-state index is 17.0.